The molecule has 0 aromatic heterocycles. The number of carbonyl (C=O) groups excluding carboxylic acids is 2. The second-order valence-electron chi connectivity index (χ2n) is 5.61. The molecule has 0 saturated carbocycles. The standard InChI is InChI=1S/C18H27NO3/c1-6-15(5)19(11-10-17(20)22-7-2)18(21)16-9-8-13(3)14(4)12-16/h8-9,12,15H,6-7,10-11H2,1-5H3. The molecule has 1 rings (SSSR count). The van der Waals surface area contributed by atoms with Crippen LogP contribution in [-0.2, 0) is 9.53 Å². The molecule has 0 fully saturated rings. The lowest BCUT2D eigenvalue weighted by Gasteiger charge is -2.28. The Morgan fingerprint density at radius 2 is 1.86 bits per heavy atom. The van der Waals surface area contributed by atoms with Crippen molar-refractivity contribution < 1.29 is 14.3 Å². The fourth-order valence-electron chi connectivity index (χ4n) is 2.23. The van der Waals surface area contributed by atoms with Crippen LogP contribution in [0.1, 0.15) is 55.1 Å². The number of esters is 1. The molecule has 1 aromatic carbocycles. The lowest BCUT2D eigenvalue weighted by molar-refractivity contribution is -0.143. The van der Waals surface area contributed by atoms with Gasteiger partial charge >= 0.3 is 5.97 Å². The highest BCUT2D eigenvalue weighted by molar-refractivity contribution is 5.95. The van der Waals surface area contributed by atoms with Crippen molar-refractivity contribution >= 4 is 11.9 Å². The van der Waals surface area contributed by atoms with Gasteiger partial charge in [-0.25, -0.2) is 0 Å². The topological polar surface area (TPSA) is 46.6 Å². The van der Waals surface area contributed by atoms with E-state index in [0.29, 0.717) is 18.7 Å². The van der Waals surface area contributed by atoms with Crippen LogP contribution in [0, 0.1) is 13.8 Å². The summed E-state index contributed by atoms with van der Waals surface area (Å²) in [5.74, 6) is -0.287. The van der Waals surface area contributed by atoms with E-state index in [0.717, 1.165) is 17.5 Å². The minimum absolute atomic E-state index is 0.0262. The van der Waals surface area contributed by atoms with Gasteiger partial charge < -0.3 is 9.64 Å². The minimum Gasteiger partial charge on any atom is -0.466 e. The van der Waals surface area contributed by atoms with Crippen molar-refractivity contribution in [2.75, 3.05) is 13.2 Å². The lowest BCUT2D eigenvalue weighted by atomic mass is 10.0. The van der Waals surface area contributed by atoms with Gasteiger partial charge in [-0.1, -0.05) is 13.0 Å². The van der Waals surface area contributed by atoms with Crippen LogP contribution >= 0.6 is 0 Å². The molecule has 0 spiro atoms. The quantitative estimate of drug-likeness (QED) is 0.724. The van der Waals surface area contributed by atoms with Gasteiger partial charge in [-0.05, 0) is 57.4 Å². The molecule has 0 aliphatic carbocycles. The fraction of sp³-hybridized carbons (Fsp3) is 0.556. The average Bonchev–Trinajstić information content (AvgIpc) is 2.49. The number of hydrogen-bond donors (Lipinski definition) is 0. The van der Waals surface area contributed by atoms with E-state index in [1.54, 1.807) is 11.8 Å². The Morgan fingerprint density at radius 1 is 1.18 bits per heavy atom. The second-order valence-corrected chi connectivity index (χ2v) is 5.61. The molecular formula is C18H27NO3. The van der Waals surface area contributed by atoms with Gasteiger partial charge in [0.1, 0.15) is 0 Å². The number of amides is 1. The van der Waals surface area contributed by atoms with Gasteiger partial charge in [-0.2, -0.15) is 0 Å². The summed E-state index contributed by atoms with van der Waals surface area (Å²) in [6.45, 7) is 10.6. The van der Waals surface area contributed by atoms with Gasteiger partial charge in [0.05, 0.1) is 13.0 Å². The number of nitrogens with zero attached hydrogens (tertiary/aromatic N) is 1. The zero-order valence-corrected chi connectivity index (χ0v) is 14.3. The van der Waals surface area contributed by atoms with Gasteiger partial charge in [0, 0.05) is 18.2 Å². The minimum atomic E-state index is -0.260. The number of aryl methyl sites for hydroxylation is 2. The predicted molar refractivity (Wildman–Crippen MR) is 88.0 cm³/mol. The van der Waals surface area contributed by atoms with Crippen LogP contribution < -0.4 is 0 Å². The molecule has 0 radical (unpaired) electrons. The summed E-state index contributed by atoms with van der Waals surface area (Å²) in [4.78, 5) is 26.1. The highest BCUT2D eigenvalue weighted by atomic mass is 16.5. The molecule has 0 aliphatic rings. The van der Waals surface area contributed by atoms with Gasteiger partial charge in [0.25, 0.3) is 5.91 Å². The molecule has 4 heteroatoms. The van der Waals surface area contributed by atoms with Crippen molar-refractivity contribution in [2.45, 2.75) is 53.5 Å². The Morgan fingerprint density at radius 3 is 2.41 bits per heavy atom. The lowest BCUT2D eigenvalue weighted by Crippen LogP contribution is -2.40. The molecule has 122 valence electrons. The van der Waals surface area contributed by atoms with Crippen LogP contribution in [-0.4, -0.2) is 36.0 Å². The van der Waals surface area contributed by atoms with E-state index in [2.05, 4.69) is 0 Å². The van der Waals surface area contributed by atoms with Crippen LogP contribution in [0.25, 0.3) is 0 Å². The zero-order chi connectivity index (χ0) is 16.7. The number of hydrogen-bond acceptors (Lipinski definition) is 3. The molecular weight excluding hydrogens is 278 g/mol. The summed E-state index contributed by atoms with van der Waals surface area (Å²) < 4.78 is 4.95. The van der Waals surface area contributed by atoms with E-state index in [1.165, 1.54) is 0 Å². The van der Waals surface area contributed by atoms with Gasteiger partial charge in [-0.15, -0.1) is 0 Å². The fourth-order valence-corrected chi connectivity index (χ4v) is 2.23. The smallest absolute Gasteiger partial charge is 0.307 e. The number of ether oxygens (including phenoxy) is 1. The van der Waals surface area contributed by atoms with Crippen LogP contribution in [0.15, 0.2) is 18.2 Å². The summed E-state index contributed by atoms with van der Waals surface area (Å²) in [7, 11) is 0. The molecule has 1 aromatic rings. The third-order valence-corrected chi connectivity index (χ3v) is 4.00. The molecule has 0 bridgehead atoms. The SMILES string of the molecule is CCOC(=O)CCN(C(=O)c1ccc(C)c(C)c1)C(C)CC. The number of benzene rings is 1. The van der Waals surface area contributed by atoms with Crippen LogP contribution in [0.4, 0.5) is 0 Å². The third kappa shape index (κ3) is 4.86. The molecule has 1 amide bonds. The van der Waals surface area contributed by atoms with E-state index in [4.69, 9.17) is 4.74 Å². The first-order valence-electron chi connectivity index (χ1n) is 7.94. The normalized spacial score (nSPS) is 11.9. The summed E-state index contributed by atoms with van der Waals surface area (Å²) in [5, 5.41) is 0. The molecule has 0 heterocycles. The maximum atomic E-state index is 12.8. The summed E-state index contributed by atoms with van der Waals surface area (Å²) >= 11 is 0. The van der Waals surface area contributed by atoms with Crippen LogP contribution in [0.5, 0.6) is 0 Å². The Labute approximate surface area is 133 Å². The van der Waals surface area contributed by atoms with Gasteiger partial charge in [-0.3, -0.25) is 9.59 Å². The monoisotopic (exact) mass is 305 g/mol. The van der Waals surface area contributed by atoms with E-state index in [1.807, 2.05) is 45.9 Å². The van der Waals surface area contributed by atoms with Crippen molar-refractivity contribution in [1.29, 1.82) is 0 Å². The van der Waals surface area contributed by atoms with E-state index in [-0.39, 0.29) is 24.3 Å². The zero-order valence-electron chi connectivity index (χ0n) is 14.3. The Balaban J connectivity index is 2.88. The van der Waals surface area contributed by atoms with Crippen molar-refractivity contribution in [3.8, 4) is 0 Å². The van der Waals surface area contributed by atoms with Gasteiger partial charge in [0.15, 0.2) is 0 Å². The predicted octanol–water partition coefficient (Wildman–Crippen LogP) is 3.50. The summed E-state index contributed by atoms with van der Waals surface area (Å²) in [6, 6.07) is 5.81. The largest absolute Gasteiger partial charge is 0.466 e. The maximum absolute atomic E-state index is 12.8. The maximum Gasteiger partial charge on any atom is 0.307 e. The van der Waals surface area contributed by atoms with Crippen molar-refractivity contribution in [3.05, 3.63) is 34.9 Å². The van der Waals surface area contributed by atoms with E-state index >= 15 is 0 Å². The first-order chi connectivity index (χ1) is 10.4. The molecule has 1 unspecified atom stereocenters. The van der Waals surface area contributed by atoms with Crippen LogP contribution in [0.3, 0.4) is 0 Å². The molecule has 0 saturated heterocycles. The van der Waals surface area contributed by atoms with Crippen molar-refractivity contribution in [3.63, 3.8) is 0 Å². The van der Waals surface area contributed by atoms with Crippen molar-refractivity contribution in [2.24, 2.45) is 0 Å². The molecule has 22 heavy (non-hydrogen) atoms. The Hall–Kier alpha value is -1.84. The molecule has 0 N–H and O–H groups in total. The molecule has 0 aliphatic heterocycles. The van der Waals surface area contributed by atoms with Crippen LogP contribution in [0.2, 0.25) is 0 Å². The van der Waals surface area contributed by atoms with Gasteiger partial charge in [0.2, 0.25) is 0 Å². The first-order valence-corrected chi connectivity index (χ1v) is 7.94. The highest BCUT2D eigenvalue weighted by Gasteiger charge is 2.21. The second kappa shape index (κ2) is 8.57. The first kappa shape index (κ1) is 18.2. The summed E-state index contributed by atoms with van der Waals surface area (Å²) in [5.41, 5.74) is 2.94. The van der Waals surface area contributed by atoms with E-state index in [9.17, 15) is 9.59 Å². The van der Waals surface area contributed by atoms with E-state index < -0.39 is 0 Å². The molecule has 1 atom stereocenters. The molecule has 4 nitrogen and oxygen atoms in total. The third-order valence-electron chi connectivity index (χ3n) is 4.00. The summed E-state index contributed by atoms with van der Waals surface area (Å²) in [6.07, 6.45) is 1.08. The Bertz CT molecular complexity index is 525. The van der Waals surface area contributed by atoms with Crippen molar-refractivity contribution in [1.82, 2.24) is 4.90 Å². The average molecular weight is 305 g/mol. The Kier molecular flexibility index (Phi) is 7.09. The highest BCUT2D eigenvalue weighted by Crippen LogP contribution is 2.15. The number of carbonyl (C=O) groups is 2. The number of rotatable bonds is 7.